The van der Waals surface area contributed by atoms with Crippen LogP contribution in [0.25, 0.3) is 0 Å². The zero-order valence-corrected chi connectivity index (χ0v) is 17.2. The predicted molar refractivity (Wildman–Crippen MR) is 110 cm³/mol. The molecule has 0 spiro atoms. The summed E-state index contributed by atoms with van der Waals surface area (Å²) in [6, 6.07) is 2.41. The summed E-state index contributed by atoms with van der Waals surface area (Å²) >= 11 is 0. The lowest BCUT2D eigenvalue weighted by atomic mass is 9.77. The molecular weight excluding hydrogens is 330 g/mol. The molecule has 0 N–H and O–H groups in total. The predicted octanol–water partition coefficient (Wildman–Crippen LogP) is 6.91. The summed E-state index contributed by atoms with van der Waals surface area (Å²) in [5.74, 6) is 3.36. The van der Waals surface area contributed by atoms with Gasteiger partial charge in [-0.15, -0.1) is 0 Å². The number of aromatic nitrogens is 2. The Balaban J connectivity index is 1.40. The minimum atomic E-state index is 0.252. The van der Waals surface area contributed by atoms with Crippen molar-refractivity contribution in [2.75, 3.05) is 0 Å². The van der Waals surface area contributed by atoms with Gasteiger partial charge in [-0.3, -0.25) is 0 Å². The second-order valence-corrected chi connectivity index (χ2v) is 8.97. The van der Waals surface area contributed by atoms with Crippen molar-refractivity contribution < 1.29 is 0 Å². The van der Waals surface area contributed by atoms with E-state index in [1.165, 1.54) is 69.8 Å². The van der Waals surface area contributed by atoms with Crippen LogP contribution in [0, 0.1) is 23.2 Å². The van der Waals surface area contributed by atoms with Gasteiger partial charge >= 0.3 is 0 Å². The average molecular weight is 368 g/mol. The van der Waals surface area contributed by atoms with Gasteiger partial charge in [0.1, 0.15) is 5.82 Å². The van der Waals surface area contributed by atoms with Crippen LogP contribution in [0.2, 0.25) is 0 Å². The van der Waals surface area contributed by atoms with Gasteiger partial charge in [-0.05, 0) is 68.8 Å². The van der Waals surface area contributed by atoms with Gasteiger partial charge in [0.2, 0.25) is 0 Å². The first-order chi connectivity index (χ1) is 13.3. The van der Waals surface area contributed by atoms with Gasteiger partial charge < -0.3 is 0 Å². The van der Waals surface area contributed by atoms with Crippen LogP contribution in [-0.2, 0) is 0 Å². The Morgan fingerprint density at radius 3 is 2.11 bits per heavy atom. The molecule has 0 aromatic carbocycles. The Morgan fingerprint density at radius 1 is 0.852 bits per heavy atom. The van der Waals surface area contributed by atoms with Gasteiger partial charge in [-0.25, -0.2) is 9.97 Å². The summed E-state index contributed by atoms with van der Waals surface area (Å²) in [5, 5.41) is 9.05. The van der Waals surface area contributed by atoms with Crippen LogP contribution < -0.4 is 0 Å². The van der Waals surface area contributed by atoms with E-state index < -0.39 is 0 Å². The van der Waals surface area contributed by atoms with Crippen LogP contribution in [-0.4, -0.2) is 9.97 Å². The van der Waals surface area contributed by atoms with E-state index in [0.29, 0.717) is 11.8 Å². The monoisotopic (exact) mass is 367 g/mol. The zero-order valence-electron chi connectivity index (χ0n) is 17.2. The molecule has 2 saturated carbocycles. The molecular formula is C24H37N3. The van der Waals surface area contributed by atoms with E-state index in [0.717, 1.165) is 37.4 Å². The van der Waals surface area contributed by atoms with Crippen LogP contribution in [0.3, 0.4) is 0 Å². The first kappa shape index (κ1) is 20.3. The Kier molecular flexibility index (Phi) is 8.11. The molecule has 2 fully saturated rings. The maximum atomic E-state index is 9.05. The summed E-state index contributed by atoms with van der Waals surface area (Å²) in [4.78, 5) is 9.46. The average Bonchev–Trinajstić information content (AvgIpc) is 2.74. The van der Waals surface area contributed by atoms with Gasteiger partial charge in [-0.1, -0.05) is 45.4 Å². The first-order valence-electron chi connectivity index (χ1n) is 11.5. The molecule has 0 unspecified atom stereocenters. The molecule has 3 rings (SSSR count). The van der Waals surface area contributed by atoms with Crippen LogP contribution in [0.1, 0.15) is 120 Å². The highest BCUT2D eigenvalue weighted by Crippen LogP contribution is 2.38. The molecule has 0 atom stereocenters. The fraction of sp³-hybridized carbons (Fsp3) is 0.792. The molecule has 1 aromatic rings. The summed E-state index contributed by atoms with van der Waals surface area (Å²) in [6.07, 6.45) is 22.2. The minimum Gasteiger partial charge on any atom is -0.241 e. The van der Waals surface area contributed by atoms with Crippen molar-refractivity contribution >= 4 is 0 Å². The minimum absolute atomic E-state index is 0.252. The maximum Gasteiger partial charge on any atom is 0.131 e. The summed E-state index contributed by atoms with van der Waals surface area (Å²) < 4.78 is 0. The topological polar surface area (TPSA) is 49.6 Å². The number of unbranched alkanes of at least 4 members (excludes halogenated alkanes) is 4. The number of nitriles is 1. The smallest absolute Gasteiger partial charge is 0.131 e. The van der Waals surface area contributed by atoms with Crippen LogP contribution in [0.15, 0.2) is 12.4 Å². The second-order valence-electron chi connectivity index (χ2n) is 8.97. The van der Waals surface area contributed by atoms with Crippen LogP contribution in [0.4, 0.5) is 0 Å². The standard InChI is InChI=1S/C24H37N3/c1-2-3-4-5-6-7-19-8-12-21(13-9-19)23-17-26-24(27-18-23)22-14-10-20(16-25)11-15-22/h17-22H,2-15H2,1H3. The van der Waals surface area contributed by atoms with Crippen molar-refractivity contribution in [2.45, 2.75) is 109 Å². The zero-order chi connectivity index (χ0) is 18.9. The fourth-order valence-electron chi connectivity index (χ4n) is 5.07. The molecule has 0 aliphatic heterocycles. The second kappa shape index (κ2) is 10.8. The highest BCUT2D eigenvalue weighted by Gasteiger charge is 2.25. The van der Waals surface area contributed by atoms with Gasteiger partial charge in [0, 0.05) is 24.2 Å². The Labute approximate surface area is 166 Å². The summed E-state index contributed by atoms with van der Waals surface area (Å²) in [5.41, 5.74) is 1.35. The molecule has 0 bridgehead atoms. The Bertz CT molecular complexity index is 573. The normalized spacial score (nSPS) is 28.6. The lowest BCUT2D eigenvalue weighted by Gasteiger charge is -2.29. The number of hydrogen-bond acceptors (Lipinski definition) is 3. The lowest BCUT2D eigenvalue weighted by Crippen LogP contribution is -2.16. The van der Waals surface area contributed by atoms with Crippen molar-refractivity contribution in [3.05, 3.63) is 23.8 Å². The molecule has 2 aliphatic carbocycles. The van der Waals surface area contributed by atoms with Crippen molar-refractivity contribution in [3.63, 3.8) is 0 Å². The molecule has 27 heavy (non-hydrogen) atoms. The molecule has 1 heterocycles. The summed E-state index contributed by atoms with van der Waals surface area (Å²) in [7, 11) is 0. The van der Waals surface area contributed by atoms with Crippen molar-refractivity contribution in [1.82, 2.24) is 9.97 Å². The Morgan fingerprint density at radius 2 is 1.48 bits per heavy atom. The van der Waals surface area contributed by atoms with Gasteiger partial charge in [0.05, 0.1) is 6.07 Å². The largest absolute Gasteiger partial charge is 0.241 e. The van der Waals surface area contributed by atoms with E-state index in [9.17, 15) is 0 Å². The highest BCUT2D eigenvalue weighted by atomic mass is 14.9. The van der Waals surface area contributed by atoms with E-state index in [1.807, 2.05) is 0 Å². The maximum absolute atomic E-state index is 9.05. The van der Waals surface area contributed by atoms with Crippen molar-refractivity contribution in [2.24, 2.45) is 11.8 Å². The quantitative estimate of drug-likeness (QED) is 0.469. The van der Waals surface area contributed by atoms with E-state index in [-0.39, 0.29) is 5.92 Å². The Hall–Kier alpha value is -1.43. The fourth-order valence-corrected chi connectivity index (χ4v) is 5.07. The molecule has 3 heteroatoms. The van der Waals surface area contributed by atoms with Crippen molar-refractivity contribution in [1.29, 1.82) is 5.26 Å². The number of rotatable bonds is 8. The molecule has 3 nitrogen and oxygen atoms in total. The van der Waals surface area contributed by atoms with Crippen LogP contribution in [0.5, 0.6) is 0 Å². The lowest BCUT2D eigenvalue weighted by molar-refractivity contribution is 0.301. The van der Waals surface area contributed by atoms with Crippen LogP contribution >= 0.6 is 0 Å². The SMILES string of the molecule is CCCCCCCC1CCC(c2cnc(C3CCC(C#N)CC3)nc2)CC1. The summed E-state index contributed by atoms with van der Waals surface area (Å²) in [6.45, 7) is 2.29. The molecule has 0 amide bonds. The van der Waals surface area contributed by atoms with E-state index in [2.05, 4.69) is 25.4 Å². The highest BCUT2D eigenvalue weighted by molar-refractivity contribution is 5.14. The third-order valence-electron chi connectivity index (χ3n) is 7.00. The van der Waals surface area contributed by atoms with Crippen molar-refractivity contribution in [3.8, 4) is 6.07 Å². The van der Waals surface area contributed by atoms with Gasteiger partial charge in [-0.2, -0.15) is 5.26 Å². The third kappa shape index (κ3) is 6.03. The van der Waals surface area contributed by atoms with E-state index in [4.69, 9.17) is 15.2 Å². The number of hydrogen-bond donors (Lipinski definition) is 0. The molecule has 2 aliphatic rings. The molecule has 148 valence electrons. The molecule has 1 aromatic heterocycles. The van der Waals surface area contributed by atoms with E-state index >= 15 is 0 Å². The van der Waals surface area contributed by atoms with Gasteiger partial charge in [0.15, 0.2) is 0 Å². The third-order valence-corrected chi connectivity index (χ3v) is 7.00. The van der Waals surface area contributed by atoms with E-state index in [1.54, 1.807) is 0 Å². The molecule has 0 radical (unpaired) electrons. The number of nitrogens with zero attached hydrogens (tertiary/aromatic N) is 3. The first-order valence-corrected chi connectivity index (χ1v) is 11.5. The van der Waals surface area contributed by atoms with Gasteiger partial charge in [0.25, 0.3) is 0 Å². The molecule has 0 saturated heterocycles.